The molecule has 1 N–H and O–H groups in total. The van der Waals surface area contributed by atoms with Crippen molar-refractivity contribution in [1.29, 1.82) is 0 Å². The van der Waals surface area contributed by atoms with E-state index >= 15 is 0 Å². The van der Waals surface area contributed by atoms with Gasteiger partial charge in [-0.3, -0.25) is 14.9 Å². The molecule has 1 amide bonds. The number of non-ortho nitro benzene ring substituents is 1. The zero-order valence-corrected chi connectivity index (χ0v) is 18.0. The lowest BCUT2D eigenvalue weighted by Crippen LogP contribution is -2.43. The van der Waals surface area contributed by atoms with Crippen LogP contribution < -0.4 is 9.46 Å². The molecule has 3 rings (SSSR count). The molecule has 1 saturated heterocycles. The molecule has 0 unspecified atom stereocenters. The van der Waals surface area contributed by atoms with Gasteiger partial charge in [-0.2, -0.15) is 0 Å². The number of sulfonamides is 1. The Morgan fingerprint density at radius 1 is 1.19 bits per heavy atom. The van der Waals surface area contributed by atoms with Crippen LogP contribution in [0.2, 0.25) is 0 Å². The van der Waals surface area contributed by atoms with Gasteiger partial charge in [0.05, 0.1) is 9.82 Å². The van der Waals surface area contributed by atoms with Gasteiger partial charge in [0.15, 0.2) is 6.61 Å². The number of carbonyl (C=O) groups excluding carboxylic acids is 1. The maximum absolute atomic E-state index is 12.6. The van der Waals surface area contributed by atoms with Crippen LogP contribution in [0.4, 0.5) is 5.69 Å². The van der Waals surface area contributed by atoms with E-state index < -0.39 is 14.9 Å². The minimum absolute atomic E-state index is 0.0344. The van der Waals surface area contributed by atoms with Crippen molar-refractivity contribution in [2.75, 3.05) is 26.2 Å². The van der Waals surface area contributed by atoms with Gasteiger partial charge >= 0.3 is 0 Å². The van der Waals surface area contributed by atoms with E-state index in [1.807, 2.05) is 18.2 Å². The molecule has 0 radical (unpaired) electrons. The number of piperidine rings is 1. The molecule has 0 saturated carbocycles. The molecule has 0 aliphatic carbocycles. The van der Waals surface area contributed by atoms with Gasteiger partial charge in [0, 0.05) is 31.8 Å². The number of amides is 1. The molecular formula is C21H25N3O6S. The highest BCUT2D eigenvalue weighted by atomic mass is 32.2. The molecule has 0 spiro atoms. The third kappa shape index (κ3) is 6.02. The summed E-state index contributed by atoms with van der Waals surface area (Å²) in [6, 6.07) is 12.9. The second-order valence-corrected chi connectivity index (χ2v) is 9.22. The topological polar surface area (TPSA) is 119 Å². The molecule has 1 aliphatic rings. The van der Waals surface area contributed by atoms with Crippen molar-refractivity contribution in [1.82, 2.24) is 9.62 Å². The van der Waals surface area contributed by atoms with Crippen LogP contribution in [0.15, 0.2) is 53.4 Å². The van der Waals surface area contributed by atoms with E-state index in [9.17, 15) is 23.3 Å². The summed E-state index contributed by atoms with van der Waals surface area (Å²) in [5.41, 5.74) is 0.174. The van der Waals surface area contributed by atoms with Crippen molar-refractivity contribution in [3.8, 4) is 5.75 Å². The quantitative estimate of drug-likeness (QED) is 0.491. The number of para-hydroxylation sites is 1. The Bertz CT molecular complexity index is 1030. The van der Waals surface area contributed by atoms with Crippen molar-refractivity contribution in [2.45, 2.75) is 24.7 Å². The average molecular weight is 448 g/mol. The number of carbonyl (C=O) groups is 1. The summed E-state index contributed by atoms with van der Waals surface area (Å²) in [6.07, 6.45) is 1.32. The Labute approximate surface area is 181 Å². The van der Waals surface area contributed by atoms with Gasteiger partial charge in [0.2, 0.25) is 10.0 Å². The van der Waals surface area contributed by atoms with Crippen molar-refractivity contribution < 1.29 is 22.9 Å². The van der Waals surface area contributed by atoms with Crippen LogP contribution in [-0.4, -0.2) is 50.4 Å². The molecule has 2 aromatic rings. The number of nitrogens with one attached hydrogen (secondary N) is 1. The Morgan fingerprint density at radius 2 is 1.87 bits per heavy atom. The summed E-state index contributed by atoms with van der Waals surface area (Å²) in [5.74, 6) is 0.611. The Balaban J connectivity index is 1.49. The lowest BCUT2D eigenvalue weighted by molar-refractivity contribution is -0.385. The fourth-order valence-corrected chi connectivity index (χ4v) is 4.82. The van der Waals surface area contributed by atoms with Crippen LogP contribution in [0.25, 0.3) is 0 Å². The highest BCUT2D eigenvalue weighted by molar-refractivity contribution is 7.89. The number of likely N-dealkylation sites (tertiary alicyclic amines) is 1. The van der Waals surface area contributed by atoms with Crippen LogP contribution in [0.3, 0.4) is 0 Å². The maximum atomic E-state index is 12.6. The lowest BCUT2D eigenvalue weighted by Gasteiger charge is -2.32. The minimum Gasteiger partial charge on any atom is -0.484 e. The molecule has 31 heavy (non-hydrogen) atoms. The van der Waals surface area contributed by atoms with Crippen molar-refractivity contribution >= 4 is 21.6 Å². The molecule has 1 aliphatic heterocycles. The standard InChI is InChI=1S/C21H25N3O6S/c1-16-7-8-18(24(26)27)13-20(16)31(28,29)22-14-17-9-11-23(12-10-17)21(25)15-30-19-5-3-2-4-6-19/h2-8,13,17,22H,9-12,14-15H2,1H3. The molecule has 1 heterocycles. The van der Waals surface area contributed by atoms with Gasteiger partial charge in [-0.1, -0.05) is 24.3 Å². The van der Waals surface area contributed by atoms with E-state index in [1.54, 1.807) is 24.0 Å². The van der Waals surface area contributed by atoms with E-state index in [2.05, 4.69) is 4.72 Å². The highest BCUT2D eigenvalue weighted by Crippen LogP contribution is 2.23. The van der Waals surface area contributed by atoms with E-state index in [4.69, 9.17) is 4.74 Å². The average Bonchev–Trinajstić information content (AvgIpc) is 2.77. The second kappa shape index (κ2) is 9.88. The fraction of sp³-hybridized carbons (Fsp3) is 0.381. The third-order valence-corrected chi connectivity index (χ3v) is 6.87. The molecular weight excluding hydrogens is 422 g/mol. The van der Waals surface area contributed by atoms with Crippen LogP contribution in [0.1, 0.15) is 18.4 Å². The number of hydrogen-bond acceptors (Lipinski definition) is 6. The Morgan fingerprint density at radius 3 is 2.52 bits per heavy atom. The van der Waals surface area contributed by atoms with E-state index in [0.29, 0.717) is 37.2 Å². The fourth-order valence-electron chi connectivity index (χ4n) is 3.44. The van der Waals surface area contributed by atoms with Gasteiger partial charge in [-0.25, -0.2) is 13.1 Å². The molecule has 9 nitrogen and oxygen atoms in total. The zero-order chi connectivity index (χ0) is 22.4. The van der Waals surface area contributed by atoms with E-state index in [-0.39, 0.29) is 35.6 Å². The summed E-state index contributed by atoms with van der Waals surface area (Å²) in [6.45, 7) is 2.83. The highest BCUT2D eigenvalue weighted by Gasteiger charge is 2.26. The Hall–Kier alpha value is -2.98. The van der Waals surface area contributed by atoms with Crippen molar-refractivity contribution in [3.63, 3.8) is 0 Å². The monoisotopic (exact) mass is 447 g/mol. The SMILES string of the molecule is Cc1ccc([N+](=O)[O-])cc1S(=O)(=O)NCC1CCN(C(=O)COc2ccccc2)CC1. The summed E-state index contributed by atoms with van der Waals surface area (Å²) >= 11 is 0. The zero-order valence-electron chi connectivity index (χ0n) is 17.2. The van der Waals surface area contributed by atoms with Gasteiger partial charge < -0.3 is 9.64 Å². The van der Waals surface area contributed by atoms with Crippen LogP contribution in [0, 0.1) is 23.0 Å². The van der Waals surface area contributed by atoms with Gasteiger partial charge in [0.1, 0.15) is 5.75 Å². The molecule has 10 heteroatoms. The molecule has 0 atom stereocenters. The number of nitrogens with zero attached hydrogens (tertiary/aromatic N) is 2. The first-order chi connectivity index (χ1) is 14.8. The summed E-state index contributed by atoms with van der Waals surface area (Å²) in [4.78, 5) is 24.3. The third-order valence-electron chi connectivity index (χ3n) is 5.31. The van der Waals surface area contributed by atoms with Gasteiger partial charge in [-0.15, -0.1) is 0 Å². The van der Waals surface area contributed by atoms with Gasteiger partial charge in [-0.05, 0) is 43.4 Å². The second-order valence-electron chi connectivity index (χ2n) is 7.48. The predicted octanol–water partition coefficient (Wildman–Crippen LogP) is 2.50. The maximum Gasteiger partial charge on any atom is 0.270 e. The smallest absolute Gasteiger partial charge is 0.270 e. The van der Waals surface area contributed by atoms with Crippen molar-refractivity contribution in [3.05, 3.63) is 64.2 Å². The minimum atomic E-state index is -3.87. The number of hydrogen-bond donors (Lipinski definition) is 1. The number of benzene rings is 2. The van der Waals surface area contributed by atoms with Crippen LogP contribution in [0.5, 0.6) is 5.75 Å². The van der Waals surface area contributed by atoms with E-state index in [0.717, 1.165) is 6.07 Å². The van der Waals surface area contributed by atoms with Gasteiger partial charge in [0.25, 0.3) is 11.6 Å². The number of aryl methyl sites for hydroxylation is 1. The summed E-state index contributed by atoms with van der Waals surface area (Å²) in [5, 5.41) is 11.0. The molecule has 0 bridgehead atoms. The van der Waals surface area contributed by atoms with E-state index in [1.165, 1.54) is 12.1 Å². The molecule has 166 valence electrons. The first-order valence-electron chi connectivity index (χ1n) is 9.96. The lowest BCUT2D eigenvalue weighted by atomic mass is 9.97. The largest absolute Gasteiger partial charge is 0.484 e. The number of ether oxygens (including phenoxy) is 1. The van der Waals surface area contributed by atoms with Crippen LogP contribution >= 0.6 is 0 Å². The molecule has 0 aromatic heterocycles. The Kier molecular flexibility index (Phi) is 7.24. The number of nitro groups is 1. The normalized spacial score (nSPS) is 14.9. The summed E-state index contributed by atoms with van der Waals surface area (Å²) < 4.78 is 33.4. The first-order valence-corrected chi connectivity index (χ1v) is 11.4. The predicted molar refractivity (Wildman–Crippen MR) is 114 cm³/mol. The number of nitro benzene ring substituents is 1. The van der Waals surface area contributed by atoms with Crippen LogP contribution in [-0.2, 0) is 14.8 Å². The summed E-state index contributed by atoms with van der Waals surface area (Å²) in [7, 11) is -3.87. The van der Waals surface area contributed by atoms with Crippen molar-refractivity contribution in [2.24, 2.45) is 5.92 Å². The molecule has 2 aromatic carbocycles. The number of rotatable bonds is 8. The molecule has 1 fully saturated rings. The first kappa shape index (κ1) is 22.7.